The molecule has 152 valence electrons. The van der Waals surface area contributed by atoms with E-state index >= 15 is 0 Å². The fourth-order valence-electron chi connectivity index (χ4n) is 6.91. The molecule has 4 fully saturated rings. The molecule has 4 aliphatic carbocycles. The van der Waals surface area contributed by atoms with Crippen LogP contribution in [0.4, 0.5) is 5.69 Å². The summed E-state index contributed by atoms with van der Waals surface area (Å²) in [5, 5.41) is 0. The molecular formula is C22H30N2O3S. The summed E-state index contributed by atoms with van der Waals surface area (Å²) >= 11 is 0. The minimum atomic E-state index is -3.28. The first kappa shape index (κ1) is 18.5. The standard InChI is InChI=1S/C22H30N2O3S/c1-23(21-18-9-14-8-15(11-18)12-19(21)10-14)22(25)17-5-6-20-16(13-17)4-3-7-24(20)28(2,26)27/h5-6,13-15,18-19,21H,3-4,7-12H2,1-2H3. The molecule has 5 nitrogen and oxygen atoms in total. The van der Waals surface area contributed by atoms with Crippen LogP contribution in [0.15, 0.2) is 18.2 Å². The SMILES string of the molecule is CN(C(=O)c1ccc2c(c1)CCCN2S(C)(=O)=O)C1C2CC3CC(C2)CC1C3. The maximum Gasteiger partial charge on any atom is 0.253 e. The van der Waals surface area contributed by atoms with Crippen molar-refractivity contribution in [2.24, 2.45) is 23.7 Å². The van der Waals surface area contributed by atoms with Gasteiger partial charge >= 0.3 is 0 Å². The quantitative estimate of drug-likeness (QED) is 0.779. The third-order valence-electron chi connectivity index (χ3n) is 7.75. The van der Waals surface area contributed by atoms with Gasteiger partial charge < -0.3 is 4.90 Å². The highest BCUT2D eigenvalue weighted by molar-refractivity contribution is 7.92. The maximum atomic E-state index is 13.3. The van der Waals surface area contributed by atoms with Gasteiger partial charge in [-0.2, -0.15) is 0 Å². The molecule has 28 heavy (non-hydrogen) atoms. The largest absolute Gasteiger partial charge is 0.338 e. The van der Waals surface area contributed by atoms with Crippen LogP contribution in [0, 0.1) is 23.7 Å². The minimum absolute atomic E-state index is 0.0942. The Hall–Kier alpha value is -1.56. The van der Waals surface area contributed by atoms with Crippen LogP contribution >= 0.6 is 0 Å². The number of nitrogens with zero attached hydrogens (tertiary/aromatic N) is 2. The fraction of sp³-hybridized carbons (Fsp3) is 0.682. The highest BCUT2D eigenvalue weighted by Gasteiger charge is 2.50. The highest BCUT2D eigenvalue weighted by Crippen LogP contribution is 2.55. The van der Waals surface area contributed by atoms with Crippen LogP contribution in [0.2, 0.25) is 0 Å². The van der Waals surface area contributed by atoms with Gasteiger partial charge in [0, 0.05) is 25.2 Å². The molecule has 0 radical (unpaired) electrons. The van der Waals surface area contributed by atoms with E-state index in [0.717, 1.165) is 35.9 Å². The molecule has 1 aliphatic heterocycles. The number of aryl methyl sites for hydroxylation is 1. The van der Waals surface area contributed by atoms with Gasteiger partial charge in [-0.05, 0) is 92.4 Å². The van der Waals surface area contributed by atoms with Crippen molar-refractivity contribution in [2.45, 2.75) is 51.0 Å². The molecule has 0 atom stereocenters. The first-order valence-electron chi connectivity index (χ1n) is 10.7. The molecule has 1 aromatic carbocycles. The van der Waals surface area contributed by atoms with Gasteiger partial charge in [-0.15, -0.1) is 0 Å². The number of anilines is 1. The number of carbonyl (C=O) groups excluding carboxylic acids is 1. The third-order valence-corrected chi connectivity index (χ3v) is 8.93. The van der Waals surface area contributed by atoms with Crippen LogP contribution in [-0.2, 0) is 16.4 Å². The number of fused-ring (bicyclic) bond motifs is 1. The molecule has 5 aliphatic rings. The lowest BCUT2D eigenvalue weighted by Crippen LogP contribution is -2.56. The molecule has 6 rings (SSSR count). The number of hydrogen-bond acceptors (Lipinski definition) is 3. The Labute approximate surface area is 168 Å². The van der Waals surface area contributed by atoms with Gasteiger partial charge in [0.05, 0.1) is 11.9 Å². The van der Waals surface area contributed by atoms with Crippen molar-refractivity contribution < 1.29 is 13.2 Å². The number of benzene rings is 1. The van der Waals surface area contributed by atoms with Crippen LogP contribution in [-0.4, -0.2) is 45.1 Å². The molecule has 1 heterocycles. The molecule has 0 saturated heterocycles. The van der Waals surface area contributed by atoms with Gasteiger partial charge in [0.15, 0.2) is 0 Å². The number of carbonyl (C=O) groups is 1. The molecular weight excluding hydrogens is 372 g/mol. The molecule has 0 aromatic heterocycles. The van der Waals surface area contributed by atoms with E-state index in [9.17, 15) is 13.2 Å². The maximum absolute atomic E-state index is 13.3. The average Bonchev–Trinajstić information content (AvgIpc) is 2.64. The molecule has 0 spiro atoms. The lowest BCUT2D eigenvalue weighted by atomic mass is 9.54. The summed E-state index contributed by atoms with van der Waals surface area (Å²) < 4.78 is 25.6. The van der Waals surface area contributed by atoms with Gasteiger partial charge in [-0.3, -0.25) is 9.10 Å². The van der Waals surface area contributed by atoms with Gasteiger partial charge in [0.2, 0.25) is 10.0 Å². The number of sulfonamides is 1. The lowest BCUT2D eigenvalue weighted by Gasteiger charge is -2.56. The van der Waals surface area contributed by atoms with E-state index in [-0.39, 0.29) is 5.91 Å². The van der Waals surface area contributed by atoms with E-state index in [1.807, 2.05) is 30.1 Å². The second kappa shape index (κ2) is 6.48. The van der Waals surface area contributed by atoms with Crippen LogP contribution in [0.25, 0.3) is 0 Å². The highest BCUT2D eigenvalue weighted by atomic mass is 32.2. The van der Waals surface area contributed by atoms with E-state index in [0.29, 0.717) is 30.0 Å². The second-order valence-corrected chi connectivity index (χ2v) is 11.5. The lowest BCUT2D eigenvalue weighted by molar-refractivity contribution is -0.0491. The van der Waals surface area contributed by atoms with Crippen molar-refractivity contribution in [1.29, 1.82) is 0 Å². The first-order valence-corrected chi connectivity index (χ1v) is 12.5. The Balaban J connectivity index is 1.40. The van der Waals surface area contributed by atoms with Crippen molar-refractivity contribution >= 4 is 21.6 Å². The zero-order valence-corrected chi connectivity index (χ0v) is 17.6. The number of rotatable bonds is 3. The smallest absolute Gasteiger partial charge is 0.253 e. The summed E-state index contributed by atoms with van der Waals surface area (Å²) in [6, 6.07) is 5.95. The van der Waals surface area contributed by atoms with Crippen molar-refractivity contribution in [3.8, 4) is 0 Å². The molecule has 4 saturated carbocycles. The molecule has 1 amide bonds. The van der Waals surface area contributed by atoms with E-state index in [2.05, 4.69) is 0 Å². The summed E-state index contributed by atoms with van der Waals surface area (Å²) in [5.41, 5.74) is 2.41. The molecule has 1 aromatic rings. The number of hydrogen-bond donors (Lipinski definition) is 0. The molecule has 6 heteroatoms. The van der Waals surface area contributed by atoms with Gasteiger partial charge in [0.25, 0.3) is 5.91 Å². The Morgan fingerprint density at radius 3 is 2.32 bits per heavy atom. The van der Waals surface area contributed by atoms with Crippen LogP contribution in [0.3, 0.4) is 0 Å². The van der Waals surface area contributed by atoms with Crippen LogP contribution in [0.5, 0.6) is 0 Å². The second-order valence-electron chi connectivity index (χ2n) is 9.62. The third kappa shape index (κ3) is 2.95. The van der Waals surface area contributed by atoms with E-state index in [4.69, 9.17) is 0 Å². The zero-order valence-electron chi connectivity index (χ0n) is 16.8. The Morgan fingerprint density at radius 1 is 1.07 bits per heavy atom. The zero-order chi connectivity index (χ0) is 19.6. The molecule has 0 N–H and O–H groups in total. The Kier molecular flexibility index (Phi) is 4.27. The predicted molar refractivity (Wildman–Crippen MR) is 110 cm³/mol. The normalized spacial score (nSPS) is 33.6. The van der Waals surface area contributed by atoms with Crippen molar-refractivity contribution in [3.63, 3.8) is 0 Å². The van der Waals surface area contributed by atoms with E-state index in [1.54, 1.807) is 0 Å². The molecule has 4 bridgehead atoms. The van der Waals surface area contributed by atoms with Crippen molar-refractivity contribution in [1.82, 2.24) is 4.90 Å². The van der Waals surface area contributed by atoms with Crippen molar-refractivity contribution in [2.75, 3.05) is 24.2 Å². The first-order chi connectivity index (χ1) is 13.3. The van der Waals surface area contributed by atoms with E-state index < -0.39 is 10.0 Å². The predicted octanol–water partition coefficient (Wildman–Crippen LogP) is 3.30. The summed E-state index contributed by atoms with van der Waals surface area (Å²) in [6.07, 6.45) is 9.46. The van der Waals surface area contributed by atoms with E-state index in [1.165, 1.54) is 42.7 Å². The van der Waals surface area contributed by atoms with Gasteiger partial charge in [-0.25, -0.2) is 8.42 Å². The minimum Gasteiger partial charge on any atom is -0.338 e. The summed E-state index contributed by atoms with van der Waals surface area (Å²) in [4.78, 5) is 15.3. The average molecular weight is 403 g/mol. The number of amides is 1. The summed E-state index contributed by atoms with van der Waals surface area (Å²) in [7, 11) is -1.30. The Bertz CT molecular complexity index is 882. The Morgan fingerprint density at radius 2 is 1.71 bits per heavy atom. The summed E-state index contributed by atoms with van der Waals surface area (Å²) in [5.74, 6) is 3.23. The topological polar surface area (TPSA) is 57.7 Å². The van der Waals surface area contributed by atoms with Gasteiger partial charge in [0.1, 0.15) is 0 Å². The van der Waals surface area contributed by atoms with Crippen LogP contribution < -0.4 is 4.31 Å². The monoisotopic (exact) mass is 402 g/mol. The van der Waals surface area contributed by atoms with Crippen molar-refractivity contribution in [3.05, 3.63) is 29.3 Å². The van der Waals surface area contributed by atoms with Crippen LogP contribution in [0.1, 0.15) is 54.4 Å². The molecule has 0 unspecified atom stereocenters. The summed E-state index contributed by atoms with van der Waals surface area (Å²) in [6.45, 7) is 0.521. The fourth-order valence-corrected chi connectivity index (χ4v) is 7.90. The van der Waals surface area contributed by atoms with Gasteiger partial charge in [-0.1, -0.05) is 0 Å².